The number of imidazole rings is 3. The van der Waals surface area contributed by atoms with Crippen LogP contribution in [0.4, 0.5) is 29.0 Å². The van der Waals surface area contributed by atoms with Crippen LogP contribution in [0.25, 0.3) is 44.7 Å². The lowest BCUT2D eigenvalue weighted by Gasteiger charge is -2.18. The van der Waals surface area contributed by atoms with Crippen molar-refractivity contribution >= 4 is 74.1 Å². The molecule has 1 atom stereocenters. The molecule has 9 aromatic rings. The lowest BCUT2D eigenvalue weighted by atomic mass is 9.94. The van der Waals surface area contributed by atoms with Crippen molar-refractivity contribution in [2.45, 2.75) is 5.92 Å². The maximum absolute atomic E-state index is 5.11. The van der Waals surface area contributed by atoms with E-state index < -0.39 is 0 Å². The van der Waals surface area contributed by atoms with Crippen molar-refractivity contribution < 1.29 is 0 Å². The normalized spacial score (nSPS) is 14.3. The minimum absolute atomic E-state index is 0.224. The Kier molecular flexibility index (Phi) is 5.12. The maximum Gasteiger partial charge on any atom is 0.240 e. The van der Waals surface area contributed by atoms with Crippen LogP contribution in [-0.4, -0.2) is 59.2 Å². The highest BCUT2D eigenvalue weighted by molar-refractivity contribution is 6.07. The number of aliphatic imine (C=N–C) groups is 1. The van der Waals surface area contributed by atoms with Crippen LogP contribution in [-0.2, 0) is 14.1 Å². The molecule has 1 aliphatic heterocycles. The maximum atomic E-state index is 5.11. The van der Waals surface area contributed by atoms with Crippen molar-refractivity contribution in [2.24, 2.45) is 19.1 Å². The fourth-order valence-electron chi connectivity index (χ4n) is 6.62. The van der Waals surface area contributed by atoms with Crippen molar-refractivity contribution in [2.75, 3.05) is 10.6 Å². The lowest BCUT2D eigenvalue weighted by molar-refractivity contribution is 0.922. The Hall–Kier alpha value is -6.70. The Bertz CT molecular complexity index is 2690. The quantitative estimate of drug-likeness (QED) is 0.251. The van der Waals surface area contributed by atoms with Gasteiger partial charge in [0.1, 0.15) is 12.7 Å². The first-order chi connectivity index (χ1) is 23.1. The summed E-state index contributed by atoms with van der Waals surface area (Å²) in [5, 5.41) is 8.85. The number of hydrogen-bond donors (Lipinski definition) is 2. The van der Waals surface area contributed by atoms with Crippen molar-refractivity contribution in [1.29, 1.82) is 0 Å². The predicted octanol–water partition coefficient (Wildman–Crippen LogP) is 5.40. The molecule has 0 saturated heterocycles. The van der Waals surface area contributed by atoms with Gasteiger partial charge in [0, 0.05) is 67.1 Å². The Labute approximate surface area is 265 Å². The molecule has 47 heavy (non-hydrogen) atoms. The summed E-state index contributed by atoms with van der Waals surface area (Å²) in [5.74, 6) is 2.93. The molecule has 0 bridgehead atoms. The smallest absolute Gasteiger partial charge is 0.240 e. The van der Waals surface area contributed by atoms with Crippen molar-refractivity contribution in [3.63, 3.8) is 0 Å². The van der Waals surface area contributed by atoms with E-state index in [0.717, 1.165) is 67.5 Å². The van der Waals surface area contributed by atoms with Crippen LogP contribution < -0.4 is 10.6 Å². The Morgan fingerprint density at radius 2 is 1.43 bits per heavy atom. The molecule has 1 aliphatic rings. The molecular formula is C33H24N14. The molecule has 6 aromatic heterocycles. The number of hydrogen-bond acceptors (Lipinski definition) is 10. The molecule has 7 heterocycles. The van der Waals surface area contributed by atoms with Crippen LogP contribution in [0.1, 0.15) is 17.2 Å². The van der Waals surface area contributed by atoms with Gasteiger partial charge in [-0.3, -0.25) is 9.56 Å². The minimum Gasteiger partial charge on any atom is -0.325 e. The summed E-state index contributed by atoms with van der Waals surface area (Å²) in [5.41, 5.74) is 7.17. The fourth-order valence-corrected chi connectivity index (χ4v) is 6.62. The Morgan fingerprint density at radius 1 is 0.702 bits per heavy atom. The first kappa shape index (κ1) is 25.6. The minimum atomic E-state index is -0.224. The molecule has 226 valence electrons. The zero-order valence-electron chi connectivity index (χ0n) is 25.1. The molecular weight excluding hydrogens is 592 g/mol. The zero-order valence-corrected chi connectivity index (χ0v) is 25.1. The van der Waals surface area contributed by atoms with Crippen LogP contribution in [0, 0.1) is 0 Å². The van der Waals surface area contributed by atoms with Crippen LogP contribution >= 0.6 is 0 Å². The second kappa shape index (κ2) is 9.40. The number of para-hydroxylation sites is 1. The highest BCUT2D eigenvalue weighted by Gasteiger charge is 2.30. The molecule has 14 heteroatoms. The van der Waals surface area contributed by atoms with Gasteiger partial charge in [-0.05, 0) is 30.3 Å². The molecule has 0 fully saturated rings. The largest absolute Gasteiger partial charge is 0.325 e. The zero-order chi connectivity index (χ0) is 31.2. The van der Waals surface area contributed by atoms with Crippen molar-refractivity contribution in [3.8, 4) is 5.82 Å². The highest BCUT2D eigenvalue weighted by Crippen LogP contribution is 2.44. The summed E-state index contributed by atoms with van der Waals surface area (Å²) in [6, 6.07) is 16.2. The number of nitrogens with zero attached hydrogens (tertiary/aromatic N) is 12. The number of aromatic nitrogens is 11. The van der Waals surface area contributed by atoms with E-state index in [4.69, 9.17) is 19.9 Å². The second-order valence-corrected chi connectivity index (χ2v) is 11.5. The predicted molar refractivity (Wildman–Crippen MR) is 179 cm³/mol. The monoisotopic (exact) mass is 616 g/mol. The first-order valence-electron chi connectivity index (χ1n) is 15.0. The fraction of sp³-hybridized carbons (Fsp3) is 0.0909. The summed E-state index contributed by atoms with van der Waals surface area (Å²) < 4.78 is 7.81. The molecule has 1 unspecified atom stereocenters. The number of benzene rings is 2. The summed E-state index contributed by atoms with van der Waals surface area (Å²) in [6.07, 6.45) is 12.6. The number of nitrogens with one attached hydrogen (secondary N) is 2. The van der Waals surface area contributed by atoms with E-state index in [0.29, 0.717) is 17.4 Å². The van der Waals surface area contributed by atoms with Gasteiger partial charge in [-0.1, -0.05) is 18.2 Å². The standard InChI is InChI=1S/C33H24N14/c1-44-13-11-34-30(44)40-22-6-3-5-21-25(22)20(15-36-21)26-18-9-10-19-27(18)47-32(42-26)37-16-38-33(47)43-29(19)46-17-39-23-7-4-8-24(28(23)46)41-31-35-12-14-45(31)2/h3-17,20H,1-2H3,(H,34,40)(H,35,41). The van der Waals surface area contributed by atoms with E-state index in [2.05, 4.69) is 42.7 Å². The van der Waals surface area contributed by atoms with Gasteiger partial charge in [0.15, 0.2) is 5.82 Å². The molecule has 0 spiro atoms. The number of aryl methyl sites for hydroxylation is 2. The molecule has 10 rings (SSSR count). The number of fused-ring (bicyclic) bond motifs is 2. The lowest BCUT2D eigenvalue weighted by Crippen LogP contribution is -2.12. The van der Waals surface area contributed by atoms with Crippen molar-refractivity contribution in [3.05, 3.63) is 97.2 Å². The topological polar surface area (TPSA) is 146 Å². The van der Waals surface area contributed by atoms with E-state index >= 15 is 0 Å². The molecule has 3 aromatic carbocycles. The van der Waals surface area contributed by atoms with Gasteiger partial charge in [0.05, 0.1) is 39.5 Å². The Morgan fingerprint density at radius 3 is 2.21 bits per heavy atom. The van der Waals surface area contributed by atoms with Crippen LogP contribution in [0.15, 0.2) is 91.0 Å². The second-order valence-electron chi connectivity index (χ2n) is 11.5. The number of rotatable bonds is 6. The van der Waals surface area contributed by atoms with E-state index in [1.165, 1.54) is 6.33 Å². The van der Waals surface area contributed by atoms with Gasteiger partial charge in [0.2, 0.25) is 23.5 Å². The van der Waals surface area contributed by atoms with E-state index in [1.807, 2.05) is 87.2 Å². The molecule has 0 aliphatic carbocycles. The molecule has 14 nitrogen and oxygen atoms in total. The summed E-state index contributed by atoms with van der Waals surface area (Å²) in [6.45, 7) is 0. The van der Waals surface area contributed by atoms with Crippen LogP contribution in [0.2, 0.25) is 0 Å². The Balaban J connectivity index is 1.19. The number of anilines is 4. The van der Waals surface area contributed by atoms with Gasteiger partial charge < -0.3 is 19.8 Å². The molecule has 0 amide bonds. The third-order valence-electron chi connectivity index (χ3n) is 8.82. The van der Waals surface area contributed by atoms with Crippen molar-refractivity contribution in [1.82, 2.24) is 53.0 Å². The summed E-state index contributed by atoms with van der Waals surface area (Å²) >= 11 is 0. The van der Waals surface area contributed by atoms with Crippen LogP contribution in [0.5, 0.6) is 0 Å². The molecule has 2 N–H and O–H groups in total. The average Bonchev–Trinajstić information content (AvgIpc) is 3.93. The van der Waals surface area contributed by atoms with E-state index in [9.17, 15) is 0 Å². The van der Waals surface area contributed by atoms with Gasteiger partial charge in [-0.2, -0.15) is 4.98 Å². The first-order valence-corrected chi connectivity index (χ1v) is 15.0. The van der Waals surface area contributed by atoms with Gasteiger partial charge in [0.25, 0.3) is 0 Å². The third-order valence-corrected chi connectivity index (χ3v) is 8.82. The molecule has 0 radical (unpaired) electrons. The highest BCUT2D eigenvalue weighted by atomic mass is 15.2. The third kappa shape index (κ3) is 3.66. The summed E-state index contributed by atoms with van der Waals surface area (Å²) in [7, 11) is 3.91. The SMILES string of the molecule is Cn1ccnc1Nc1cccc2c1C(c1nc3ncnc4nc(-n5cnc6cccc(Nc7nccn7C)c65)c5ccc1c5n34)C=N2. The van der Waals surface area contributed by atoms with E-state index in [1.54, 1.807) is 18.7 Å². The van der Waals surface area contributed by atoms with E-state index in [-0.39, 0.29) is 5.92 Å². The average molecular weight is 617 g/mol. The van der Waals surface area contributed by atoms with Gasteiger partial charge >= 0.3 is 0 Å². The summed E-state index contributed by atoms with van der Waals surface area (Å²) in [4.78, 5) is 37.8. The van der Waals surface area contributed by atoms with Gasteiger partial charge in [-0.25, -0.2) is 34.3 Å². The van der Waals surface area contributed by atoms with Crippen LogP contribution in [0.3, 0.4) is 0 Å². The van der Waals surface area contributed by atoms with Gasteiger partial charge in [-0.15, -0.1) is 0 Å². The molecule has 0 saturated carbocycles.